The van der Waals surface area contributed by atoms with Gasteiger partial charge in [0, 0.05) is 29.4 Å². The Labute approximate surface area is 112 Å². The van der Waals surface area contributed by atoms with Crippen LogP contribution in [0.3, 0.4) is 0 Å². The summed E-state index contributed by atoms with van der Waals surface area (Å²) in [5, 5.41) is 8.63. The van der Waals surface area contributed by atoms with Crippen molar-refractivity contribution in [3.8, 4) is 0 Å². The van der Waals surface area contributed by atoms with E-state index in [9.17, 15) is 0 Å². The molecule has 0 amide bonds. The first-order valence-electron chi connectivity index (χ1n) is 6.29. The van der Waals surface area contributed by atoms with Crippen LogP contribution < -0.4 is 5.32 Å². The Balaban J connectivity index is 1.60. The average Bonchev–Trinajstić information content (AvgIpc) is 3.10. The summed E-state index contributed by atoms with van der Waals surface area (Å²) in [7, 11) is 0. The van der Waals surface area contributed by atoms with Gasteiger partial charge in [0.05, 0.1) is 12.7 Å². The second kappa shape index (κ2) is 5.12. The van der Waals surface area contributed by atoms with Gasteiger partial charge < -0.3 is 5.32 Å². The van der Waals surface area contributed by atoms with Gasteiger partial charge in [-0.25, -0.2) is 0 Å². The van der Waals surface area contributed by atoms with Gasteiger partial charge in [0.25, 0.3) is 0 Å². The van der Waals surface area contributed by atoms with Crippen molar-refractivity contribution in [3.05, 3.63) is 52.8 Å². The summed E-state index contributed by atoms with van der Waals surface area (Å²) in [4.78, 5) is 0. The third-order valence-corrected chi connectivity index (χ3v) is 3.37. The van der Waals surface area contributed by atoms with Gasteiger partial charge >= 0.3 is 0 Å². The number of benzene rings is 1. The van der Waals surface area contributed by atoms with E-state index in [2.05, 4.69) is 16.6 Å². The molecule has 1 aromatic heterocycles. The summed E-state index contributed by atoms with van der Waals surface area (Å²) in [5.41, 5.74) is 2.46. The summed E-state index contributed by atoms with van der Waals surface area (Å²) in [6.07, 6.45) is 6.67. The van der Waals surface area contributed by atoms with Crippen molar-refractivity contribution in [2.75, 3.05) is 0 Å². The fourth-order valence-electron chi connectivity index (χ4n) is 1.91. The topological polar surface area (TPSA) is 29.9 Å². The molecule has 0 aliphatic heterocycles. The van der Waals surface area contributed by atoms with Crippen LogP contribution in [0, 0.1) is 0 Å². The third kappa shape index (κ3) is 3.12. The average molecular weight is 262 g/mol. The smallest absolute Gasteiger partial charge is 0.0659 e. The number of hydrogen-bond acceptors (Lipinski definition) is 2. The second-order valence-corrected chi connectivity index (χ2v) is 5.26. The maximum Gasteiger partial charge on any atom is 0.0659 e. The van der Waals surface area contributed by atoms with E-state index in [1.165, 1.54) is 24.0 Å². The van der Waals surface area contributed by atoms with Gasteiger partial charge in [0.1, 0.15) is 0 Å². The van der Waals surface area contributed by atoms with Crippen LogP contribution >= 0.6 is 11.6 Å². The lowest BCUT2D eigenvalue weighted by atomic mass is 10.2. The fourth-order valence-corrected chi connectivity index (χ4v) is 2.04. The van der Waals surface area contributed by atoms with Crippen molar-refractivity contribution in [2.45, 2.75) is 32.0 Å². The molecule has 3 nitrogen and oxygen atoms in total. The van der Waals surface area contributed by atoms with Crippen molar-refractivity contribution in [2.24, 2.45) is 0 Å². The lowest BCUT2D eigenvalue weighted by Gasteiger charge is -2.02. The van der Waals surface area contributed by atoms with Gasteiger partial charge in [-0.15, -0.1) is 0 Å². The van der Waals surface area contributed by atoms with Crippen LogP contribution in [-0.2, 0) is 13.1 Å². The Morgan fingerprint density at radius 3 is 2.72 bits per heavy atom. The van der Waals surface area contributed by atoms with E-state index in [0.717, 1.165) is 24.2 Å². The van der Waals surface area contributed by atoms with Gasteiger partial charge in [-0.05, 0) is 30.5 Å². The largest absolute Gasteiger partial charge is 0.310 e. The SMILES string of the molecule is Clc1ccc(Cn2cc(CNC3CC3)cn2)cc1. The fraction of sp³-hybridized carbons (Fsp3) is 0.357. The summed E-state index contributed by atoms with van der Waals surface area (Å²) in [6.45, 7) is 1.71. The monoisotopic (exact) mass is 261 g/mol. The van der Waals surface area contributed by atoms with E-state index in [1.54, 1.807) is 0 Å². The highest BCUT2D eigenvalue weighted by Crippen LogP contribution is 2.19. The number of aromatic nitrogens is 2. The van der Waals surface area contributed by atoms with E-state index in [4.69, 9.17) is 11.6 Å². The predicted octanol–water partition coefficient (Wildman–Crippen LogP) is 2.84. The molecule has 0 spiro atoms. The Morgan fingerprint density at radius 1 is 1.22 bits per heavy atom. The molecular formula is C14H16ClN3. The number of halogens is 1. The minimum absolute atomic E-state index is 0.740. The molecule has 1 aromatic carbocycles. The molecule has 1 heterocycles. The first-order chi connectivity index (χ1) is 8.79. The first kappa shape index (κ1) is 11.8. The van der Waals surface area contributed by atoms with Gasteiger partial charge in [0.15, 0.2) is 0 Å². The minimum atomic E-state index is 0.740. The molecule has 0 radical (unpaired) electrons. The zero-order chi connectivity index (χ0) is 12.4. The van der Waals surface area contributed by atoms with Gasteiger partial charge in [-0.1, -0.05) is 23.7 Å². The zero-order valence-electron chi connectivity index (χ0n) is 10.1. The summed E-state index contributed by atoms with van der Waals surface area (Å²) < 4.78 is 1.97. The lowest BCUT2D eigenvalue weighted by molar-refractivity contribution is 0.675. The molecule has 0 saturated heterocycles. The maximum atomic E-state index is 5.86. The van der Waals surface area contributed by atoms with Gasteiger partial charge in [0.2, 0.25) is 0 Å². The van der Waals surface area contributed by atoms with Crippen LogP contribution in [0.1, 0.15) is 24.0 Å². The lowest BCUT2D eigenvalue weighted by Crippen LogP contribution is -2.14. The van der Waals surface area contributed by atoms with Crippen LogP contribution in [0.15, 0.2) is 36.7 Å². The number of nitrogens with zero attached hydrogens (tertiary/aromatic N) is 2. The van der Waals surface area contributed by atoms with Crippen LogP contribution in [0.2, 0.25) is 5.02 Å². The van der Waals surface area contributed by atoms with Crippen LogP contribution in [0.4, 0.5) is 0 Å². The molecule has 0 atom stereocenters. The molecule has 0 unspecified atom stereocenters. The number of nitrogens with one attached hydrogen (secondary N) is 1. The van der Waals surface area contributed by atoms with E-state index >= 15 is 0 Å². The molecule has 0 bridgehead atoms. The molecule has 1 fully saturated rings. The Bertz CT molecular complexity index is 514. The van der Waals surface area contributed by atoms with E-state index in [1.807, 2.05) is 35.1 Å². The molecule has 1 N–H and O–H groups in total. The Hall–Kier alpha value is -1.32. The zero-order valence-corrected chi connectivity index (χ0v) is 10.9. The molecule has 1 saturated carbocycles. The van der Waals surface area contributed by atoms with E-state index in [0.29, 0.717) is 0 Å². The molecule has 1 aliphatic rings. The molecule has 94 valence electrons. The van der Waals surface area contributed by atoms with Gasteiger partial charge in [-0.3, -0.25) is 4.68 Å². The normalized spacial score (nSPS) is 14.9. The van der Waals surface area contributed by atoms with Crippen molar-refractivity contribution >= 4 is 11.6 Å². The van der Waals surface area contributed by atoms with Crippen LogP contribution in [0.25, 0.3) is 0 Å². The Kier molecular flexibility index (Phi) is 3.35. The standard InChI is InChI=1S/C14H16ClN3/c15-13-3-1-11(2-4-13)9-18-10-12(8-17-18)7-16-14-5-6-14/h1-4,8,10,14,16H,5-7,9H2. The highest BCUT2D eigenvalue weighted by atomic mass is 35.5. The number of rotatable bonds is 5. The first-order valence-corrected chi connectivity index (χ1v) is 6.66. The summed E-state index contributed by atoms with van der Waals surface area (Å²) >= 11 is 5.86. The molecule has 4 heteroatoms. The van der Waals surface area contributed by atoms with Crippen LogP contribution in [-0.4, -0.2) is 15.8 Å². The molecule has 2 aromatic rings. The molecule has 1 aliphatic carbocycles. The highest BCUT2D eigenvalue weighted by molar-refractivity contribution is 6.30. The summed E-state index contributed by atoms with van der Waals surface area (Å²) in [6, 6.07) is 8.63. The molecule has 3 rings (SSSR count). The molecule has 18 heavy (non-hydrogen) atoms. The summed E-state index contributed by atoms with van der Waals surface area (Å²) in [5.74, 6) is 0. The Morgan fingerprint density at radius 2 is 2.00 bits per heavy atom. The van der Waals surface area contributed by atoms with E-state index in [-0.39, 0.29) is 0 Å². The second-order valence-electron chi connectivity index (χ2n) is 4.83. The van der Waals surface area contributed by atoms with Crippen LogP contribution in [0.5, 0.6) is 0 Å². The van der Waals surface area contributed by atoms with Crippen molar-refractivity contribution in [3.63, 3.8) is 0 Å². The predicted molar refractivity (Wildman–Crippen MR) is 72.6 cm³/mol. The third-order valence-electron chi connectivity index (χ3n) is 3.12. The molecular weight excluding hydrogens is 246 g/mol. The van der Waals surface area contributed by atoms with Crippen molar-refractivity contribution in [1.29, 1.82) is 0 Å². The van der Waals surface area contributed by atoms with E-state index < -0.39 is 0 Å². The minimum Gasteiger partial charge on any atom is -0.310 e. The number of hydrogen-bond donors (Lipinski definition) is 1. The van der Waals surface area contributed by atoms with Gasteiger partial charge in [-0.2, -0.15) is 5.10 Å². The maximum absolute atomic E-state index is 5.86. The quantitative estimate of drug-likeness (QED) is 0.897. The highest BCUT2D eigenvalue weighted by Gasteiger charge is 2.20. The van der Waals surface area contributed by atoms with Crippen molar-refractivity contribution < 1.29 is 0 Å². The van der Waals surface area contributed by atoms with Crippen molar-refractivity contribution in [1.82, 2.24) is 15.1 Å².